The van der Waals surface area contributed by atoms with Crippen LogP contribution in [0.15, 0.2) is 18.2 Å². The van der Waals surface area contributed by atoms with Crippen LogP contribution in [-0.4, -0.2) is 96.8 Å². The lowest BCUT2D eigenvalue weighted by Crippen LogP contribution is -2.58. The van der Waals surface area contributed by atoms with Crippen molar-refractivity contribution < 1.29 is 14.3 Å². The number of hydrogen-bond donors (Lipinski definition) is 2. The minimum absolute atomic E-state index is 0.0998. The Labute approximate surface area is 252 Å². The summed E-state index contributed by atoms with van der Waals surface area (Å²) in [6.07, 6.45) is 5.15. The molecular weight excluding hydrogens is 556 g/mol. The van der Waals surface area contributed by atoms with E-state index in [1.807, 2.05) is 18.2 Å². The van der Waals surface area contributed by atoms with Crippen LogP contribution in [0.4, 0.5) is 11.6 Å². The van der Waals surface area contributed by atoms with Crippen molar-refractivity contribution in [2.45, 2.75) is 63.7 Å². The number of anilines is 2. The number of likely N-dealkylation sites (tertiary alicyclic amines) is 1. The van der Waals surface area contributed by atoms with Crippen molar-refractivity contribution in [2.75, 3.05) is 63.7 Å². The molecule has 3 aliphatic rings. The first kappa shape index (κ1) is 30.3. The maximum atomic E-state index is 12.5. The van der Waals surface area contributed by atoms with Crippen molar-refractivity contribution in [1.29, 1.82) is 5.26 Å². The third-order valence-electron chi connectivity index (χ3n) is 8.45. The highest BCUT2D eigenvalue weighted by atomic mass is 35.5. The molecule has 42 heavy (non-hydrogen) atoms. The average molecular weight is 597 g/mol. The number of nitrogen functional groups attached to an aromatic ring is 1. The van der Waals surface area contributed by atoms with Gasteiger partial charge in [-0.25, -0.2) is 9.97 Å². The fourth-order valence-electron chi connectivity index (χ4n) is 5.95. The Bertz CT molecular complexity index is 1290. The first-order chi connectivity index (χ1) is 20.4. The fourth-order valence-corrected chi connectivity index (χ4v) is 6.19. The number of piperidine rings is 1. The molecule has 5 rings (SSSR count). The molecular formula is C30H41ClN8O3. The minimum atomic E-state index is -0.312. The summed E-state index contributed by atoms with van der Waals surface area (Å²) in [5.74, 6) is 1.11. The molecule has 3 heterocycles. The van der Waals surface area contributed by atoms with E-state index in [0.29, 0.717) is 36.7 Å². The Kier molecular flexibility index (Phi) is 10.0. The number of methoxy groups -OCH3 is 1. The third-order valence-corrected chi connectivity index (χ3v) is 8.71. The van der Waals surface area contributed by atoms with Gasteiger partial charge in [0.1, 0.15) is 12.4 Å². The predicted octanol–water partition coefficient (Wildman–Crippen LogP) is 3.07. The number of hydrogen-bond acceptors (Lipinski definition) is 10. The van der Waals surface area contributed by atoms with E-state index in [-0.39, 0.29) is 28.6 Å². The van der Waals surface area contributed by atoms with E-state index in [4.69, 9.17) is 26.8 Å². The van der Waals surface area contributed by atoms with Gasteiger partial charge in [0.2, 0.25) is 0 Å². The number of carbonyl (C=O) groups excluding carboxylic acids is 1. The second kappa shape index (κ2) is 13.9. The molecule has 2 aliphatic heterocycles. The Morgan fingerprint density at radius 1 is 1.17 bits per heavy atom. The maximum Gasteiger partial charge on any atom is 0.274 e. The van der Waals surface area contributed by atoms with Crippen molar-refractivity contribution in [2.24, 2.45) is 0 Å². The molecule has 0 bridgehead atoms. The zero-order valence-electron chi connectivity index (χ0n) is 24.5. The van der Waals surface area contributed by atoms with Crippen LogP contribution in [0, 0.1) is 11.3 Å². The van der Waals surface area contributed by atoms with Crippen LogP contribution in [0.3, 0.4) is 0 Å². The number of ether oxygens (including phenoxy) is 2. The van der Waals surface area contributed by atoms with Crippen LogP contribution in [0.25, 0.3) is 0 Å². The molecule has 1 saturated carbocycles. The molecule has 1 atom stereocenters. The maximum absolute atomic E-state index is 12.5. The lowest BCUT2D eigenvalue weighted by Gasteiger charge is -2.47. The molecule has 226 valence electrons. The van der Waals surface area contributed by atoms with Crippen molar-refractivity contribution in [3.8, 4) is 11.8 Å². The van der Waals surface area contributed by atoms with Gasteiger partial charge >= 0.3 is 0 Å². The van der Waals surface area contributed by atoms with Crippen LogP contribution < -0.4 is 20.7 Å². The van der Waals surface area contributed by atoms with Gasteiger partial charge < -0.3 is 25.4 Å². The minimum Gasteiger partial charge on any atom is -0.491 e. The Hall–Kier alpha value is -3.17. The number of benzene rings is 1. The zero-order valence-corrected chi connectivity index (χ0v) is 25.3. The number of piperazine rings is 1. The Balaban J connectivity index is 1.17. The Morgan fingerprint density at radius 3 is 2.64 bits per heavy atom. The molecule has 11 nitrogen and oxygen atoms in total. The normalized spacial score (nSPS) is 20.3. The van der Waals surface area contributed by atoms with Crippen LogP contribution in [-0.2, 0) is 11.3 Å². The lowest BCUT2D eigenvalue weighted by molar-refractivity contribution is 0.0606. The van der Waals surface area contributed by atoms with Gasteiger partial charge in [-0.1, -0.05) is 24.6 Å². The van der Waals surface area contributed by atoms with Gasteiger partial charge in [0.25, 0.3) is 5.91 Å². The summed E-state index contributed by atoms with van der Waals surface area (Å²) in [7, 11) is 1.65. The van der Waals surface area contributed by atoms with Gasteiger partial charge in [0.05, 0.1) is 18.2 Å². The van der Waals surface area contributed by atoms with E-state index in [1.165, 1.54) is 0 Å². The molecule has 1 aliphatic carbocycles. The molecule has 2 saturated heterocycles. The monoisotopic (exact) mass is 596 g/mol. The summed E-state index contributed by atoms with van der Waals surface area (Å²) >= 11 is 6.55. The van der Waals surface area contributed by atoms with E-state index in [9.17, 15) is 10.1 Å². The van der Waals surface area contributed by atoms with E-state index in [1.54, 1.807) is 7.11 Å². The smallest absolute Gasteiger partial charge is 0.274 e. The van der Waals surface area contributed by atoms with Gasteiger partial charge in [-0.15, -0.1) is 0 Å². The Morgan fingerprint density at radius 2 is 1.95 bits per heavy atom. The molecule has 1 aromatic heterocycles. The molecule has 3 fully saturated rings. The van der Waals surface area contributed by atoms with Crippen LogP contribution in [0.2, 0.25) is 5.15 Å². The van der Waals surface area contributed by atoms with Crippen molar-refractivity contribution >= 4 is 29.1 Å². The number of carbonyl (C=O) groups is 1. The van der Waals surface area contributed by atoms with E-state index < -0.39 is 0 Å². The first-order valence-corrected chi connectivity index (χ1v) is 15.3. The number of halogens is 1. The number of nitriles is 1. The highest BCUT2D eigenvalue weighted by Crippen LogP contribution is 2.31. The van der Waals surface area contributed by atoms with Crippen molar-refractivity contribution in [3.63, 3.8) is 0 Å². The predicted molar refractivity (Wildman–Crippen MR) is 162 cm³/mol. The van der Waals surface area contributed by atoms with Gasteiger partial charge in [-0.2, -0.15) is 5.26 Å². The molecule has 3 N–H and O–H groups in total. The molecule has 1 amide bonds. The summed E-state index contributed by atoms with van der Waals surface area (Å²) in [5.41, 5.74) is 7.96. The molecule has 2 aromatic rings. The topological polar surface area (TPSA) is 133 Å². The summed E-state index contributed by atoms with van der Waals surface area (Å²) in [6, 6.07) is 8.96. The van der Waals surface area contributed by atoms with Crippen LogP contribution in [0.1, 0.15) is 60.6 Å². The lowest BCUT2D eigenvalue weighted by atomic mass is 9.97. The SMILES string of the molecule is CC[C@H]1CN(c2nc(N)c(C(=O)NC3CC3)nc2Cl)CCN1C1CCN(Cc2ccc(C#N)cc2OCCOC)CC1. The second-order valence-corrected chi connectivity index (χ2v) is 11.7. The zero-order chi connectivity index (χ0) is 29.6. The van der Waals surface area contributed by atoms with E-state index in [0.717, 1.165) is 82.7 Å². The number of rotatable bonds is 11. The summed E-state index contributed by atoms with van der Waals surface area (Å²) < 4.78 is 11.1. The average Bonchev–Trinajstić information content (AvgIpc) is 3.83. The molecule has 1 aromatic carbocycles. The number of nitrogens with two attached hydrogens (primary N) is 1. The number of aromatic nitrogens is 2. The van der Waals surface area contributed by atoms with Gasteiger partial charge in [0.15, 0.2) is 22.5 Å². The van der Waals surface area contributed by atoms with Crippen LogP contribution >= 0.6 is 11.6 Å². The molecule has 0 unspecified atom stereocenters. The number of nitrogens with zero attached hydrogens (tertiary/aromatic N) is 6. The van der Waals surface area contributed by atoms with E-state index in [2.05, 4.69) is 43.0 Å². The highest BCUT2D eigenvalue weighted by Gasteiger charge is 2.35. The first-order valence-electron chi connectivity index (χ1n) is 14.9. The van der Waals surface area contributed by atoms with Gasteiger partial charge in [-0.05, 0) is 57.3 Å². The van der Waals surface area contributed by atoms with Crippen LogP contribution in [0.5, 0.6) is 5.75 Å². The largest absolute Gasteiger partial charge is 0.491 e. The molecule has 0 radical (unpaired) electrons. The summed E-state index contributed by atoms with van der Waals surface area (Å²) in [4.78, 5) is 28.6. The quantitative estimate of drug-likeness (QED) is 0.373. The fraction of sp³-hybridized carbons (Fsp3) is 0.600. The number of nitrogens with one attached hydrogen (secondary N) is 1. The number of amides is 1. The molecule has 12 heteroatoms. The van der Waals surface area contributed by atoms with Gasteiger partial charge in [0, 0.05) is 57.0 Å². The van der Waals surface area contributed by atoms with Gasteiger partial charge in [-0.3, -0.25) is 14.6 Å². The van der Waals surface area contributed by atoms with E-state index >= 15 is 0 Å². The second-order valence-electron chi connectivity index (χ2n) is 11.3. The van der Waals surface area contributed by atoms with Crippen molar-refractivity contribution in [1.82, 2.24) is 25.1 Å². The highest BCUT2D eigenvalue weighted by molar-refractivity contribution is 6.32. The standard InChI is InChI=1S/C30H41ClN8O3/c1-3-23-19-38(29-27(31)35-26(28(33)36-29)30(40)34-22-6-7-22)12-13-39(23)24-8-10-37(11-9-24)18-21-5-4-20(17-32)16-25(21)42-15-14-41-2/h4-5,16,22-24H,3,6-15,18-19H2,1-2H3,(H2,33,36)(H,34,40)/t23-/m0/s1. The summed E-state index contributed by atoms with van der Waals surface area (Å²) in [6.45, 7) is 8.41. The summed E-state index contributed by atoms with van der Waals surface area (Å²) in [5, 5.41) is 12.4. The molecule has 0 spiro atoms. The third kappa shape index (κ3) is 7.24. The van der Waals surface area contributed by atoms with Crippen molar-refractivity contribution in [3.05, 3.63) is 40.2 Å².